The van der Waals surface area contributed by atoms with E-state index in [1.165, 1.54) is 14.2 Å². The standard InChI is InChI=1S/C11H14O6/c1-10-5-11(8(13)15-2,9(14)16-3)4-6(10)7(12)17-10/h6H,4-5H2,1-3H3/t6-,10-/m0/s1. The molecule has 6 heteroatoms. The van der Waals surface area contributed by atoms with E-state index < -0.39 is 28.9 Å². The fraction of sp³-hybridized carbons (Fsp3) is 0.727. The number of carbonyl (C=O) groups is 3. The lowest BCUT2D eigenvalue weighted by atomic mass is 9.84. The fourth-order valence-corrected chi connectivity index (χ4v) is 2.83. The lowest BCUT2D eigenvalue weighted by Crippen LogP contribution is -2.51. The highest BCUT2D eigenvalue weighted by molar-refractivity contribution is 6.02. The topological polar surface area (TPSA) is 78.9 Å². The van der Waals surface area contributed by atoms with Gasteiger partial charge in [0, 0.05) is 6.42 Å². The average molecular weight is 242 g/mol. The summed E-state index contributed by atoms with van der Waals surface area (Å²) in [5, 5.41) is 0. The van der Waals surface area contributed by atoms with E-state index >= 15 is 0 Å². The summed E-state index contributed by atoms with van der Waals surface area (Å²) in [5.41, 5.74) is -2.16. The molecule has 2 atom stereocenters. The van der Waals surface area contributed by atoms with E-state index in [-0.39, 0.29) is 18.8 Å². The summed E-state index contributed by atoms with van der Waals surface area (Å²) < 4.78 is 14.4. The van der Waals surface area contributed by atoms with Crippen LogP contribution in [0.4, 0.5) is 0 Å². The molecule has 17 heavy (non-hydrogen) atoms. The minimum atomic E-state index is -1.41. The zero-order valence-electron chi connectivity index (χ0n) is 9.94. The third-order valence-electron chi connectivity index (χ3n) is 3.71. The van der Waals surface area contributed by atoms with Gasteiger partial charge in [-0.3, -0.25) is 14.4 Å². The van der Waals surface area contributed by atoms with Crippen LogP contribution in [0.5, 0.6) is 0 Å². The van der Waals surface area contributed by atoms with E-state index in [0.29, 0.717) is 0 Å². The lowest BCUT2D eigenvalue weighted by Gasteiger charge is -2.39. The molecule has 0 N–H and O–H groups in total. The molecule has 2 fully saturated rings. The Morgan fingerprint density at radius 3 is 2.18 bits per heavy atom. The molecule has 2 aliphatic rings. The lowest BCUT2D eigenvalue weighted by molar-refractivity contribution is -0.202. The maximum absolute atomic E-state index is 11.8. The molecule has 0 unspecified atom stereocenters. The fourth-order valence-electron chi connectivity index (χ4n) is 2.83. The summed E-state index contributed by atoms with van der Waals surface area (Å²) in [4.78, 5) is 34.9. The number of hydrogen-bond donors (Lipinski definition) is 0. The molecule has 0 aromatic rings. The van der Waals surface area contributed by atoms with Crippen LogP contribution in [-0.2, 0) is 28.6 Å². The van der Waals surface area contributed by atoms with Crippen molar-refractivity contribution < 1.29 is 28.6 Å². The maximum atomic E-state index is 11.8. The molecular formula is C11H14O6. The SMILES string of the molecule is COC(=O)C1(C(=O)OC)C[C@H]2C(=O)O[C@@]2(C)C1. The number of fused-ring (bicyclic) bond motifs is 1. The van der Waals surface area contributed by atoms with Gasteiger partial charge in [0.1, 0.15) is 5.60 Å². The van der Waals surface area contributed by atoms with E-state index in [2.05, 4.69) is 9.47 Å². The summed E-state index contributed by atoms with van der Waals surface area (Å²) in [6, 6.07) is 0. The van der Waals surface area contributed by atoms with Crippen LogP contribution in [0.2, 0.25) is 0 Å². The number of hydrogen-bond acceptors (Lipinski definition) is 6. The highest BCUT2D eigenvalue weighted by Crippen LogP contribution is 2.56. The average Bonchev–Trinajstić information content (AvgIpc) is 2.56. The van der Waals surface area contributed by atoms with Crippen molar-refractivity contribution in [3.05, 3.63) is 0 Å². The molecule has 0 aromatic carbocycles. The predicted octanol–water partition coefficient (Wildman–Crippen LogP) is 0.0443. The van der Waals surface area contributed by atoms with E-state index in [9.17, 15) is 14.4 Å². The normalized spacial score (nSPS) is 33.1. The number of esters is 3. The van der Waals surface area contributed by atoms with Crippen molar-refractivity contribution in [1.29, 1.82) is 0 Å². The van der Waals surface area contributed by atoms with Crippen LogP contribution < -0.4 is 0 Å². The Hall–Kier alpha value is -1.59. The zero-order valence-corrected chi connectivity index (χ0v) is 9.94. The Balaban J connectivity index is 2.35. The van der Waals surface area contributed by atoms with Gasteiger partial charge in [-0.1, -0.05) is 0 Å². The van der Waals surface area contributed by atoms with Crippen LogP contribution >= 0.6 is 0 Å². The van der Waals surface area contributed by atoms with Crippen LogP contribution in [0, 0.1) is 11.3 Å². The molecule has 0 aromatic heterocycles. The number of carbonyl (C=O) groups excluding carboxylic acids is 3. The molecule has 1 aliphatic heterocycles. The molecule has 0 amide bonds. The van der Waals surface area contributed by atoms with Gasteiger partial charge >= 0.3 is 17.9 Å². The second-order valence-corrected chi connectivity index (χ2v) is 4.73. The Kier molecular flexibility index (Phi) is 2.41. The van der Waals surface area contributed by atoms with Crippen molar-refractivity contribution in [2.75, 3.05) is 14.2 Å². The van der Waals surface area contributed by atoms with Gasteiger partial charge in [-0.05, 0) is 13.3 Å². The molecule has 2 rings (SSSR count). The van der Waals surface area contributed by atoms with Crippen molar-refractivity contribution >= 4 is 17.9 Å². The molecular weight excluding hydrogens is 228 g/mol. The smallest absolute Gasteiger partial charge is 0.323 e. The van der Waals surface area contributed by atoms with Crippen LogP contribution in [-0.4, -0.2) is 37.7 Å². The third kappa shape index (κ3) is 1.36. The second kappa shape index (κ2) is 3.45. The minimum absolute atomic E-state index is 0.0989. The van der Waals surface area contributed by atoms with Crippen molar-refractivity contribution in [3.63, 3.8) is 0 Å². The first-order chi connectivity index (χ1) is 7.89. The van der Waals surface area contributed by atoms with Crippen molar-refractivity contribution in [2.45, 2.75) is 25.4 Å². The van der Waals surface area contributed by atoms with Crippen LogP contribution in [0.1, 0.15) is 19.8 Å². The van der Waals surface area contributed by atoms with Crippen molar-refractivity contribution in [2.24, 2.45) is 11.3 Å². The van der Waals surface area contributed by atoms with E-state index in [1.54, 1.807) is 6.92 Å². The van der Waals surface area contributed by atoms with Crippen LogP contribution in [0.15, 0.2) is 0 Å². The highest BCUT2D eigenvalue weighted by atomic mass is 16.6. The zero-order chi connectivity index (χ0) is 12.8. The molecule has 6 nitrogen and oxygen atoms in total. The van der Waals surface area contributed by atoms with Gasteiger partial charge in [-0.25, -0.2) is 0 Å². The first-order valence-electron chi connectivity index (χ1n) is 5.29. The van der Waals surface area contributed by atoms with Gasteiger partial charge in [-0.2, -0.15) is 0 Å². The Morgan fingerprint density at radius 2 is 1.82 bits per heavy atom. The van der Waals surface area contributed by atoms with Gasteiger partial charge in [0.05, 0.1) is 20.1 Å². The summed E-state index contributed by atoms with van der Waals surface area (Å²) >= 11 is 0. The number of ether oxygens (including phenoxy) is 3. The van der Waals surface area contributed by atoms with E-state index in [0.717, 1.165) is 0 Å². The van der Waals surface area contributed by atoms with Crippen LogP contribution in [0.25, 0.3) is 0 Å². The number of rotatable bonds is 2. The first-order valence-corrected chi connectivity index (χ1v) is 5.29. The molecule has 94 valence electrons. The Morgan fingerprint density at radius 1 is 1.29 bits per heavy atom. The minimum Gasteiger partial charge on any atom is -0.468 e. The van der Waals surface area contributed by atoms with Crippen molar-refractivity contribution in [1.82, 2.24) is 0 Å². The van der Waals surface area contributed by atoms with Gasteiger partial charge in [0.2, 0.25) is 0 Å². The third-order valence-corrected chi connectivity index (χ3v) is 3.71. The molecule has 0 bridgehead atoms. The summed E-state index contributed by atoms with van der Waals surface area (Å²) in [7, 11) is 2.41. The predicted molar refractivity (Wildman–Crippen MR) is 53.7 cm³/mol. The molecule has 1 saturated heterocycles. The van der Waals surface area contributed by atoms with Crippen LogP contribution in [0.3, 0.4) is 0 Å². The Bertz CT molecular complexity index is 385. The van der Waals surface area contributed by atoms with Crippen molar-refractivity contribution in [3.8, 4) is 0 Å². The van der Waals surface area contributed by atoms with E-state index in [1.807, 2.05) is 0 Å². The summed E-state index contributed by atoms with van der Waals surface area (Å²) in [5.74, 6) is -2.14. The highest BCUT2D eigenvalue weighted by Gasteiger charge is 2.70. The quantitative estimate of drug-likeness (QED) is 0.386. The maximum Gasteiger partial charge on any atom is 0.323 e. The van der Waals surface area contributed by atoms with Gasteiger partial charge in [0.25, 0.3) is 0 Å². The van der Waals surface area contributed by atoms with Gasteiger partial charge in [-0.15, -0.1) is 0 Å². The summed E-state index contributed by atoms with van der Waals surface area (Å²) in [6.07, 6.45) is 0.220. The molecule has 1 heterocycles. The largest absolute Gasteiger partial charge is 0.468 e. The first kappa shape index (κ1) is 11.9. The molecule has 1 aliphatic carbocycles. The van der Waals surface area contributed by atoms with E-state index in [4.69, 9.17) is 4.74 Å². The van der Waals surface area contributed by atoms with Gasteiger partial charge < -0.3 is 14.2 Å². The summed E-state index contributed by atoms with van der Waals surface area (Å²) in [6.45, 7) is 1.71. The Labute approximate surface area is 98.2 Å². The molecule has 0 radical (unpaired) electrons. The molecule has 0 spiro atoms. The second-order valence-electron chi connectivity index (χ2n) is 4.73. The van der Waals surface area contributed by atoms with Gasteiger partial charge in [0.15, 0.2) is 5.41 Å². The number of methoxy groups -OCH3 is 2. The molecule has 1 saturated carbocycles. The monoisotopic (exact) mass is 242 g/mol.